The first-order chi connectivity index (χ1) is 16.6. The zero-order valence-electron chi connectivity index (χ0n) is 19.4. The average molecular weight is 511 g/mol. The lowest BCUT2D eigenvalue weighted by molar-refractivity contribution is -0.144. The van der Waals surface area contributed by atoms with E-state index in [4.69, 9.17) is 18.7 Å². The quantitative estimate of drug-likeness (QED) is 0.364. The second kappa shape index (κ2) is 11.6. The minimum atomic E-state index is -3.85. The van der Waals surface area contributed by atoms with E-state index in [-0.39, 0.29) is 24.5 Å². The molecule has 1 aliphatic rings. The zero-order valence-corrected chi connectivity index (χ0v) is 20.3. The molecular weight excluding hydrogens is 484 g/mol. The summed E-state index contributed by atoms with van der Waals surface area (Å²) < 4.78 is 50.9. The van der Waals surface area contributed by atoms with Gasteiger partial charge in [0.15, 0.2) is 12.6 Å². The number of para-hydroxylation sites is 1. The van der Waals surface area contributed by atoms with Crippen LogP contribution >= 0.6 is 7.52 Å². The van der Waals surface area contributed by atoms with E-state index in [0.717, 1.165) is 10.6 Å². The van der Waals surface area contributed by atoms with Gasteiger partial charge in [-0.3, -0.25) is 23.7 Å². The standard InChI is InChI=1S/C22H27FN3O8P/c1-4-31-21(28)15(3)25-35(30,34-16-8-6-5-7-9-16)13-33-19-10-17(23)18(12-32-19)26-11-14(2)20(27)24-22(26)29/h5-11,15,18-19H,4,12-13H2,1-3H3,(H,25,30)(H,24,27,29)/t15-,18?,19+,35?/m0/s1. The molecule has 0 saturated heterocycles. The number of nitrogens with one attached hydrogen (secondary N) is 2. The molecule has 1 aromatic heterocycles. The molecule has 0 radical (unpaired) electrons. The first-order valence-corrected chi connectivity index (χ1v) is 12.6. The lowest BCUT2D eigenvalue weighted by Gasteiger charge is -2.28. The van der Waals surface area contributed by atoms with Gasteiger partial charge in [-0.1, -0.05) is 18.2 Å². The molecule has 1 aromatic carbocycles. The van der Waals surface area contributed by atoms with Crippen molar-refractivity contribution in [2.45, 2.75) is 39.1 Å². The molecule has 2 heterocycles. The maximum atomic E-state index is 14.8. The van der Waals surface area contributed by atoms with Gasteiger partial charge < -0.3 is 18.7 Å². The van der Waals surface area contributed by atoms with E-state index in [1.54, 1.807) is 37.3 Å². The maximum Gasteiger partial charge on any atom is 0.342 e. The molecule has 3 rings (SSSR count). The second-order valence-electron chi connectivity index (χ2n) is 7.72. The van der Waals surface area contributed by atoms with Crippen molar-refractivity contribution in [3.8, 4) is 5.75 Å². The van der Waals surface area contributed by atoms with Gasteiger partial charge in [0.1, 0.15) is 23.7 Å². The number of carbonyl (C=O) groups is 1. The molecular formula is C22H27FN3O8P. The molecule has 4 atom stereocenters. The number of hydrogen-bond donors (Lipinski definition) is 2. The highest BCUT2D eigenvalue weighted by atomic mass is 31.2. The Morgan fingerprint density at radius 1 is 1.34 bits per heavy atom. The molecule has 0 spiro atoms. The number of rotatable bonds is 10. The van der Waals surface area contributed by atoms with Gasteiger partial charge >= 0.3 is 19.2 Å². The molecule has 0 bridgehead atoms. The summed E-state index contributed by atoms with van der Waals surface area (Å²) in [5.41, 5.74) is -1.11. The van der Waals surface area contributed by atoms with Crippen LogP contribution < -0.4 is 20.9 Å². The van der Waals surface area contributed by atoms with Gasteiger partial charge in [0.05, 0.1) is 13.2 Å². The van der Waals surface area contributed by atoms with Crippen LogP contribution in [-0.2, 0) is 23.6 Å². The number of halogens is 1. The van der Waals surface area contributed by atoms with E-state index in [2.05, 4.69) is 10.1 Å². The van der Waals surface area contributed by atoms with Crippen LogP contribution in [0.15, 0.2) is 58.0 Å². The number of ether oxygens (including phenoxy) is 3. The number of aromatic amines is 1. The van der Waals surface area contributed by atoms with E-state index in [1.165, 1.54) is 20.0 Å². The minimum absolute atomic E-state index is 0.143. The maximum absolute atomic E-state index is 14.8. The number of nitrogens with zero attached hydrogens (tertiary/aromatic N) is 1. The monoisotopic (exact) mass is 511 g/mol. The van der Waals surface area contributed by atoms with E-state index in [9.17, 15) is 23.3 Å². The summed E-state index contributed by atoms with van der Waals surface area (Å²) >= 11 is 0. The van der Waals surface area contributed by atoms with Gasteiger partial charge in [0.25, 0.3) is 5.56 Å². The minimum Gasteiger partial charge on any atom is -0.465 e. The first kappa shape index (κ1) is 26.6. The fourth-order valence-electron chi connectivity index (χ4n) is 3.21. The molecule has 0 amide bonds. The lowest BCUT2D eigenvalue weighted by Crippen LogP contribution is -2.38. The van der Waals surface area contributed by atoms with Crippen molar-refractivity contribution in [1.29, 1.82) is 0 Å². The fourth-order valence-corrected chi connectivity index (χ4v) is 4.89. The van der Waals surface area contributed by atoms with Crippen molar-refractivity contribution in [3.05, 3.63) is 74.8 Å². The SMILES string of the molecule is CCOC(=O)[C@H](C)NP(=O)(CO[C@@H]1C=C(F)C(n2cc(C)c(=O)[nH]c2=O)CO1)Oc1ccccc1. The van der Waals surface area contributed by atoms with Gasteiger partial charge in [-0.15, -0.1) is 0 Å². The Labute approximate surface area is 200 Å². The Balaban J connectivity index is 1.74. The number of hydrogen-bond acceptors (Lipinski definition) is 8. The number of H-pyrrole nitrogens is 1. The Morgan fingerprint density at radius 3 is 2.71 bits per heavy atom. The average Bonchev–Trinajstić information content (AvgIpc) is 2.81. The van der Waals surface area contributed by atoms with Crippen molar-refractivity contribution in [1.82, 2.24) is 14.6 Å². The zero-order chi connectivity index (χ0) is 25.6. The number of carbonyl (C=O) groups excluding carboxylic acids is 1. The van der Waals surface area contributed by atoms with Crippen LogP contribution in [0.2, 0.25) is 0 Å². The molecule has 2 aromatic rings. The number of aromatic nitrogens is 2. The molecule has 0 saturated carbocycles. The Morgan fingerprint density at radius 2 is 2.06 bits per heavy atom. The van der Waals surface area contributed by atoms with Crippen molar-refractivity contribution in [2.75, 3.05) is 19.6 Å². The largest absolute Gasteiger partial charge is 0.465 e. The molecule has 11 nitrogen and oxygen atoms in total. The van der Waals surface area contributed by atoms with Crippen LogP contribution in [0.4, 0.5) is 4.39 Å². The topological polar surface area (TPSA) is 138 Å². The van der Waals surface area contributed by atoms with Crippen LogP contribution in [0.25, 0.3) is 0 Å². The van der Waals surface area contributed by atoms with E-state index >= 15 is 0 Å². The van der Waals surface area contributed by atoms with Gasteiger partial charge in [-0.05, 0) is 32.9 Å². The summed E-state index contributed by atoms with van der Waals surface area (Å²) in [6, 6.07) is 6.18. The van der Waals surface area contributed by atoms with Gasteiger partial charge in [-0.2, -0.15) is 0 Å². The van der Waals surface area contributed by atoms with E-state index in [1.807, 2.05) is 0 Å². The highest BCUT2D eigenvalue weighted by Crippen LogP contribution is 2.44. The third-order valence-electron chi connectivity index (χ3n) is 4.95. The van der Waals surface area contributed by atoms with Gasteiger partial charge in [0, 0.05) is 17.8 Å². The third-order valence-corrected chi connectivity index (χ3v) is 6.72. The smallest absolute Gasteiger partial charge is 0.342 e. The predicted molar refractivity (Wildman–Crippen MR) is 124 cm³/mol. The molecule has 190 valence electrons. The molecule has 1 aliphatic heterocycles. The summed E-state index contributed by atoms with van der Waals surface area (Å²) in [5, 5.41) is 2.62. The summed E-state index contributed by atoms with van der Waals surface area (Å²) in [7, 11) is -3.85. The predicted octanol–water partition coefficient (Wildman–Crippen LogP) is 2.38. The lowest BCUT2D eigenvalue weighted by atomic mass is 10.2. The summed E-state index contributed by atoms with van der Waals surface area (Å²) in [5.74, 6) is -1.10. The number of benzene rings is 1. The Kier molecular flexibility index (Phi) is 8.79. The highest BCUT2D eigenvalue weighted by molar-refractivity contribution is 7.57. The molecule has 0 aliphatic carbocycles. The normalized spacial score (nSPS) is 20.4. The molecule has 2 N–H and O–H groups in total. The summed E-state index contributed by atoms with van der Waals surface area (Å²) in [4.78, 5) is 37.8. The second-order valence-corrected chi connectivity index (χ2v) is 9.77. The van der Waals surface area contributed by atoms with Crippen LogP contribution in [-0.4, -0.2) is 47.4 Å². The van der Waals surface area contributed by atoms with E-state index < -0.39 is 55.3 Å². The number of aryl methyl sites for hydroxylation is 1. The van der Waals surface area contributed by atoms with Crippen LogP contribution in [0.3, 0.4) is 0 Å². The Bertz CT molecular complexity index is 1230. The van der Waals surface area contributed by atoms with Crippen LogP contribution in [0.5, 0.6) is 5.75 Å². The van der Waals surface area contributed by atoms with Crippen molar-refractivity contribution >= 4 is 13.5 Å². The van der Waals surface area contributed by atoms with E-state index in [0.29, 0.717) is 0 Å². The summed E-state index contributed by atoms with van der Waals surface area (Å²) in [6.07, 6.45) is 0.426. The van der Waals surface area contributed by atoms with Gasteiger partial charge in [-0.25, -0.2) is 14.3 Å². The van der Waals surface area contributed by atoms with Crippen molar-refractivity contribution < 1.29 is 32.5 Å². The molecule has 13 heteroatoms. The van der Waals surface area contributed by atoms with Crippen molar-refractivity contribution in [3.63, 3.8) is 0 Å². The fraction of sp³-hybridized carbons (Fsp3) is 0.409. The Hall–Kier alpha value is -3.05. The van der Waals surface area contributed by atoms with Crippen molar-refractivity contribution in [2.24, 2.45) is 0 Å². The third kappa shape index (κ3) is 6.98. The first-order valence-electron chi connectivity index (χ1n) is 10.8. The molecule has 0 fully saturated rings. The summed E-state index contributed by atoms with van der Waals surface area (Å²) in [6.45, 7) is 4.45. The van der Waals surface area contributed by atoms with Gasteiger partial charge in [0.2, 0.25) is 0 Å². The van der Waals surface area contributed by atoms with Crippen LogP contribution in [0.1, 0.15) is 25.5 Å². The van der Waals surface area contributed by atoms with Crippen LogP contribution in [0, 0.1) is 6.92 Å². The molecule has 35 heavy (non-hydrogen) atoms. The highest BCUT2D eigenvalue weighted by Gasteiger charge is 2.34. The molecule has 2 unspecified atom stereocenters. The number of esters is 1.